The zero-order chi connectivity index (χ0) is 14.1. The molecule has 2 aliphatic rings. The first kappa shape index (κ1) is 13.3. The van der Waals surface area contributed by atoms with Gasteiger partial charge in [0.15, 0.2) is 0 Å². The fourth-order valence-corrected chi connectivity index (χ4v) is 3.49. The number of hydrogen-bond acceptors (Lipinski definition) is 4. The van der Waals surface area contributed by atoms with Crippen molar-refractivity contribution < 1.29 is 19.7 Å². The van der Waals surface area contributed by atoms with Crippen LogP contribution in [0.15, 0.2) is 12.1 Å². The molecule has 2 N–H and O–H groups in total. The fourth-order valence-electron chi connectivity index (χ4n) is 3.49. The first-order valence-electron chi connectivity index (χ1n) is 7.39. The highest BCUT2D eigenvalue weighted by molar-refractivity contribution is 5.95. The van der Waals surface area contributed by atoms with Crippen LogP contribution in [0.2, 0.25) is 0 Å². The summed E-state index contributed by atoms with van der Waals surface area (Å²) in [6.45, 7) is 0. The van der Waals surface area contributed by atoms with Crippen molar-refractivity contribution in [2.45, 2.75) is 51.0 Å². The summed E-state index contributed by atoms with van der Waals surface area (Å²) in [6.07, 6.45) is 7.62. The predicted octanol–water partition coefficient (Wildman–Crippen LogP) is 3.15. The van der Waals surface area contributed by atoms with Crippen molar-refractivity contribution in [1.82, 2.24) is 0 Å². The van der Waals surface area contributed by atoms with E-state index < -0.39 is 5.97 Å². The Kier molecular flexibility index (Phi) is 3.55. The SMILES string of the molecule is O=C1O[C@@H](CC2CCCCC2)Cc2cc(O)cc(O)c21. The van der Waals surface area contributed by atoms with Gasteiger partial charge in [0.25, 0.3) is 0 Å². The number of ether oxygens (including phenoxy) is 1. The monoisotopic (exact) mass is 276 g/mol. The maximum absolute atomic E-state index is 12.0. The molecule has 1 atom stereocenters. The highest BCUT2D eigenvalue weighted by atomic mass is 16.5. The molecule has 1 aliphatic heterocycles. The van der Waals surface area contributed by atoms with E-state index in [0.29, 0.717) is 17.9 Å². The first-order valence-corrected chi connectivity index (χ1v) is 7.39. The molecule has 0 spiro atoms. The molecule has 1 saturated carbocycles. The standard InChI is InChI=1S/C16H20O4/c17-12-7-11-8-13(6-10-4-2-1-3-5-10)20-16(19)15(11)14(18)9-12/h7,9-10,13,17-18H,1-6,8H2/t13-/m0/s1. The van der Waals surface area contributed by atoms with Crippen LogP contribution in [0, 0.1) is 5.92 Å². The minimum Gasteiger partial charge on any atom is -0.508 e. The quantitative estimate of drug-likeness (QED) is 0.814. The number of esters is 1. The molecule has 4 heteroatoms. The van der Waals surface area contributed by atoms with Gasteiger partial charge in [-0.15, -0.1) is 0 Å². The van der Waals surface area contributed by atoms with E-state index in [9.17, 15) is 15.0 Å². The van der Waals surface area contributed by atoms with Crippen molar-refractivity contribution in [2.75, 3.05) is 0 Å². The van der Waals surface area contributed by atoms with Crippen molar-refractivity contribution in [2.24, 2.45) is 5.92 Å². The Labute approximate surface area is 118 Å². The average Bonchev–Trinajstić information content (AvgIpc) is 2.38. The highest BCUT2D eigenvalue weighted by Gasteiger charge is 2.31. The lowest BCUT2D eigenvalue weighted by molar-refractivity contribution is 0.0176. The van der Waals surface area contributed by atoms with Crippen LogP contribution in [0.5, 0.6) is 11.5 Å². The predicted molar refractivity (Wildman–Crippen MR) is 73.9 cm³/mol. The number of carbonyl (C=O) groups excluding carboxylic acids is 1. The number of cyclic esters (lactones) is 1. The van der Waals surface area contributed by atoms with Crippen LogP contribution < -0.4 is 0 Å². The van der Waals surface area contributed by atoms with Crippen molar-refractivity contribution >= 4 is 5.97 Å². The van der Waals surface area contributed by atoms with Gasteiger partial charge in [-0.1, -0.05) is 32.1 Å². The third-order valence-corrected chi connectivity index (χ3v) is 4.43. The lowest BCUT2D eigenvalue weighted by Gasteiger charge is -2.30. The minimum absolute atomic E-state index is 0.00707. The van der Waals surface area contributed by atoms with E-state index in [1.54, 1.807) is 6.07 Å². The van der Waals surface area contributed by atoms with Crippen molar-refractivity contribution in [1.29, 1.82) is 0 Å². The van der Waals surface area contributed by atoms with E-state index >= 15 is 0 Å². The summed E-state index contributed by atoms with van der Waals surface area (Å²) in [5.41, 5.74) is 0.905. The number of phenolic OH excluding ortho intramolecular Hbond substituents is 2. The molecule has 108 valence electrons. The van der Waals surface area contributed by atoms with Crippen LogP contribution in [0.25, 0.3) is 0 Å². The Hall–Kier alpha value is -1.71. The van der Waals surface area contributed by atoms with E-state index in [1.807, 2.05) is 0 Å². The number of hydrogen-bond donors (Lipinski definition) is 2. The summed E-state index contributed by atoms with van der Waals surface area (Å²) < 4.78 is 5.46. The number of carbonyl (C=O) groups is 1. The number of rotatable bonds is 2. The summed E-state index contributed by atoms with van der Waals surface area (Å²) in [5, 5.41) is 19.3. The molecule has 0 amide bonds. The zero-order valence-corrected chi connectivity index (χ0v) is 11.5. The van der Waals surface area contributed by atoms with Crippen molar-refractivity contribution in [3.63, 3.8) is 0 Å². The van der Waals surface area contributed by atoms with Gasteiger partial charge in [-0.2, -0.15) is 0 Å². The number of benzene rings is 1. The van der Waals surface area contributed by atoms with E-state index in [4.69, 9.17) is 4.74 Å². The first-order chi connectivity index (χ1) is 9.63. The van der Waals surface area contributed by atoms with Crippen molar-refractivity contribution in [3.05, 3.63) is 23.3 Å². The van der Waals surface area contributed by atoms with E-state index in [2.05, 4.69) is 0 Å². The molecule has 1 aromatic carbocycles. The molecule has 1 fully saturated rings. The smallest absolute Gasteiger partial charge is 0.342 e. The Morgan fingerprint density at radius 2 is 1.90 bits per heavy atom. The van der Waals surface area contributed by atoms with Crippen molar-refractivity contribution in [3.8, 4) is 11.5 Å². The van der Waals surface area contributed by atoms with Gasteiger partial charge in [0, 0.05) is 12.5 Å². The van der Waals surface area contributed by atoms with Crippen LogP contribution >= 0.6 is 0 Å². The summed E-state index contributed by atoms with van der Waals surface area (Å²) in [4.78, 5) is 12.0. The maximum Gasteiger partial charge on any atom is 0.342 e. The maximum atomic E-state index is 12.0. The molecule has 0 saturated heterocycles. The number of aromatic hydroxyl groups is 2. The van der Waals surface area contributed by atoms with E-state index in [0.717, 1.165) is 6.42 Å². The van der Waals surface area contributed by atoms with Gasteiger partial charge in [-0.3, -0.25) is 0 Å². The Bertz CT molecular complexity index is 517. The second-order valence-electron chi connectivity index (χ2n) is 5.97. The normalized spacial score (nSPS) is 23.2. The van der Waals surface area contributed by atoms with Gasteiger partial charge in [-0.05, 0) is 24.0 Å². The molecule has 4 nitrogen and oxygen atoms in total. The van der Waals surface area contributed by atoms with Gasteiger partial charge >= 0.3 is 5.97 Å². The molecule has 1 aromatic rings. The molecule has 0 radical (unpaired) electrons. The van der Waals surface area contributed by atoms with Crippen LogP contribution in [0.4, 0.5) is 0 Å². The average molecular weight is 276 g/mol. The molecule has 1 heterocycles. The number of fused-ring (bicyclic) bond motifs is 1. The zero-order valence-electron chi connectivity index (χ0n) is 11.5. The molecule has 0 bridgehead atoms. The van der Waals surface area contributed by atoms with Crippen LogP contribution in [0.1, 0.15) is 54.4 Å². The molecular formula is C16H20O4. The second-order valence-corrected chi connectivity index (χ2v) is 5.97. The summed E-state index contributed by atoms with van der Waals surface area (Å²) in [5.74, 6) is -0.0351. The minimum atomic E-state index is -0.468. The Balaban J connectivity index is 1.76. The van der Waals surface area contributed by atoms with Gasteiger partial charge in [0.1, 0.15) is 23.2 Å². The lowest BCUT2D eigenvalue weighted by atomic mass is 9.83. The summed E-state index contributed by atoms with van der Waals surface area (Å²) in [6, 6.07) is 2.74. The molecule has 3 rings (SSSR count). The summed E-state index contributed by atoms with van der Waals surface area (Å²) >= 11 is 0. The number of phenols is 2. The lowest BCUT2D eigenvalue weighted by Crippen LogP contribution is -2.30. The topological polar surface area (TPSA) is 66.8 Å². The van der Waals surface area contributed by atoms with Crippen LogP contribution in [-0.4, -0.2) is 22.3 Å². The van der Waals surface area contributed by atoms with Gasteiger partial charge < -0.3 is 14.9 Å². The largest absolute Gasteiger partial charge is 0.508 e. The fraction of sp³-hybridized carbons (Fsp3) is 0.562. The van der Waals surface area contributed by atoms with E-state index in [-0.39, 0.29) is 23.2 Å². The summed E-state index contributed by atoms with van der Waals surface area (Å²) in [7, 11) is 0. The van der Waals surface area contributed by atoms with Crippen LogP contribution in [-0.2, 0) is 11.2 Å². The highest BCUT2D eigenvalue weighted by Crippen LogP contribution is 2.35. The Morgan fingerprint density at radius 1 is 1.15 bits per heavy atom. The third-order valence-electron chi connectivity index (χ3n) is 4.43. The molecule has 20 heavy (non-hydrogen) atoms. The van der Waals surface area contributed by atoms with Crippen LogP contribution in [0.3, 0.4) is 0 Å². The molecule has 1 aliphatic carbocycles. The second kappa shape index (κ2) is 5.35. The van der Waals surface area contributed by atoms with Gasteiger partial charge in [0.05, 0.1) is 0 Å². The molecule has 0 aromatic heterocycles. The Morgan fingerprint density at radius 3 is 2.65 bits per heavy atom. The molecule has 0 unspecified atom stereocenters. The van der Waals surface area contributed by atoms with Gasteiger partial charge in [0.2, 0.25) is 0 Å². The third kappa shape index (κ3) is 2.60. The van der Waals surface area contributed by atoms with E-state index in [1.165, 1.54) is 38.2 Å². The van der Waals surface area contributed by atoms with Gasteiger partial charge in [-0.25, -0.2) is 4.79 Å². The molecular weight excluding hydrogens is 256 g/mol.